The second-order valence-corrected chi connectivity index (χ2v) is 4.51. The first-order chi connectivity index (χ1) is 8.13. The molecule has 3 atom stereocenters. The van der Waals surface area contributed by atoms with Crippen LogP contribution in [0.5, 0.6) is 5.75 Å². The maximum absolute atomic E-state index is 13.9. The number of nitrogens with two attached hydrogens (primary N) is 1. The quantitative estimate of drug-likeness (QED) is 0.880. The van der Waals surface area contributed by atoms with Crippen LogP contribution in [0.3, 0.4) is 0 Å². The second-order valence-electron chi connectivity index (χ2n) is 4.51. The Kier molecular flexibility index (Phi) is 3.64. The van der Waals surface area contributed by atoms with Crippen LogP contribution in [-0.4, -0.2) is 19.8 Å². The Hall–Kier alpha value is -1.13. The molecule has 2 rings (SSSR count). The number of halogens is 1. The smallest absolute Gasteiger partial charge is 0.131 e. The number of hydrogen-bond acceptors (Lipinski definition) is 3. The molecule has 1 aromatic carbocycles. The van der Waals surface area contributed by atoms with E-state index in [9.17, 15) is 4.39 Å². The van der Waals surface area contributed by atoms with Crippen molar-refractivity contribution in [3.8, 4) is 5.75 Å². The lowest BCUT2D eigenvalue weighted by molar-refractivity contribution is 0.0715. The van der Waals surface area contributed by atoms with E-state index in [0.717, 1.165) is 6.42 Å². The number of benzene rings is 1. The molecule has 1 fully saturated rings. The van der Waals surface area contributed by atoms with E-state index in [-0.39, 0.29) is 11.9 Å². The van der Waals surface area contributed by atoms with E-state index in [1.165, 1.54) is 13.2 Å². The molecule has 0 radical (unpaired) electrons. The average Bonchev–Trinajstić information content (AvgIpc) is 2.74. The maximum Gasteiger partial charge on any atom is 0.131 e. The standard InChI is InChI=1S/C13H18FNO2/c1-8-5-6-17-13(8)12(15)10-4-3-9(16-2)7-11(10)14/h3-4,7-8,12-13H,5-6,15H2,1-2H3. The Bertz CT molecular complexity index is 397. The van der Waals surface area contributed by atoms with Gasteiger partial charge in [0.25, 0.3) is 0 Å². The summed E-state index contributed by atoms with van der Waals surface area (Å²) < 4.78 is 24.4. The van der Waals surface area contributed by atoms with E-state index in [2.05, 4.69) is 6.92 Å². The highest BCUT2D eigenvalue weighted by Gasteiger charge is 2.32. The summed E-state index contributed by atoms with van der Waals surface area (Å²) in [5.74, 6) is 0.532. The fourth-order valence-corrected chi connectivity index (χ4v) is 2.26. The Morgan fingerprint density at radius 1 is 1.53 bits per heavy atom. The van der Waals surface area contributed by atoms with E-state index in [0.29, 0.717) is 23.8 Å². The molecule has 0 spiro atoms. The van der Waals surface area contributed by atoms with Crippen molar-refractivity contribution in [2.24, 2.45) is 11.7 Å². The summed E-state index contributed by atoms with van der Waals surface area (Å²) in [6.07, 6.45) is 0.883. The van der Waals surface area contributed by atoms with E-state index < -0.39 is 6.04 Å². The van der Waals surface area contributed by atoms with Gasteiger partial charge in [-0.2, -0.15) is 0 Å². The lowest BCUT2D eigenvalue weighted by Crippen LogP contribution is -2.30. The third-order valence-electron chi connectivity index (χ3n) is 3.37. The number of rotatable bonds is 3. The third-order valence-corrected chi connectivity index (χ3v) is 3.37. The van der Waals surface area contributed by atoms with Gasteiger partial charge < -0.3 is 15.2 Å². The molecule has 94 valence electrons. The van der Waals surface area contributed by atoms with Crippen LogP contribution in [0.25, 0.3) is 0 Å². The summed E-state index contributed by atoms with van der Waals surface area (Å²) in [5.41, 5.74) is 6.57. The van der Waals surface area contributed by atoms with Crippen LogP contribution in [0.15, 0.2) is 18.2 Å². The normalized spacial score (nSPS) is 25.9. The Balaban J connectivity index is 2.21. The predicted molar refractivity (Wildman–Crippen MR) is 63.4 cm³/mol. The van der Waals surface area contributed by atoms with E-state index in [1.807, 2.05) is 0 Å². The minimum atomic E-state index is -0.418. The van der Waals surface area contributed by atoms with Crippen LogP contribution < -0.4 is 10.5 Å². The summed E-state index contributed by atoms with van der Waals surface area (Å²) >= 11 is 0. The van der Waals surface area contributed by atoms with Gasteiger partial charge in [-0.25, -0.2) is 4.39 Å². The molecule has 17 heavy (non-hydrogen) atoms. The molecule has 1 heterocycles. The Labute approximate surface area is 101 Å². The summed E-state index contributed by atoms with van der Waals surface area (Å²) in [5, 5.41) is 0. The number of ether oxygens (including phenoxy) is 2. The molecule has 2 N–H and O–H groups in total. The van der Waals surface area contributed by atoms with Crippen molar-refractivity contribution in [3.05, 3.63) is 29.6 Å². The minimum Gasteiger partial charge on any atom is -0.497 e. The van der Waals surface area contributed by atoms with Gasteiger partial charge in [-0.1, -0.05) is 13.0 Å². The third kappa shape index (κ3) is 2.42. The van der Waals surface area contributed by atoms with Crippen LogP contribution in [0.2, 0.25) is 0 Å². The van der Waals surface area contributed by atoms with E-state index in [4.69, 9.17) is 15.2 Å². The lowest BCUT2D eigenvalue weighted by atomic mass is 9.93. The fourth-order valence-electron chi connectivity index (χ4n) is 2.26. The van der Waals surface area contributed by atoms with Gasteiger partial charge in [-0.15, -0.1) is 0 Å². The van der Waals surface area contributed by atoms with Crippen molar-refractivity contribution < 1.29 is 13.9 Å². The average molecular weight is 239 g/mol. The van der Waals surface area contributed by atoms with E-state index in [1.54, 1.807) is 12.1 Å². The second kappa shape index (κ2) is 5.02. The van der Waals surface area contributed by atoms with Crippen LogP contribution in [0.1, 0.15) is 24.9 Å². The fraction of sp³-hybridized carbons (Fsp3) is 0.538. The van der Waals surface area contributed by atoms with Crippen molar-refractivity contribution in [1.29, 1.82) is 0 Å². The monoisotopic (exact) mass is 239 g/mol. The highest BCUT2D eigenvalue weighted by Crippen LogP contribution is 2.31. The van der Waals surface area contributed by atoms with Gasteiger partial charge in [0.15, 0.2) is 0 Å². The molecule has 4 heteroatoms. The molecule has 1 aliphatic heterocycles. The Morgan fingerprint density at radius 2 is 2.29 bits per heavy atom. The summed E-state index contributed by atoms with van der Waals surface area (Å²) in [6, 6.07) is 4.33. The SMILES string of the molecule is COc1ccc(C(N)C2OCCC2C)c(F)c1. The highest BCUT2D eigenvalue weighted by molar-refractivity contribution is 5.31. The van der Waals surface area contributed by atoms with E-state index >= 15 is 0 Å². The van der Waals surface area contributed by atoms with Crippen molar-refractivity contribution in [1.82, 2.24) is 0 Å². The number of hydrogen-bond donors (Lipinski definition) is 1. The zero-order valence-corrected chi connectivity index (χ0v) is 10.2. The summed E-state index contributed by atoms with van der Waals surface area (Å²) in [7, 11) is 1.51. The predicted octanol–water partition coefficient (Wildman–Crippen LogP) is 2.26. The van der Waals surface area contributed by atoms with Crippen molar-refractivity contribution in [2.45, 2.75) is 25.5 Å². The van der Waals surface area contributed by atoms with Crippen molar-refractivity contribution >= 4 is 0 Å². The number of methoxy groups -OCH3 is 1. The zero-order valence-electron chi connectivity index (χ0n) is 10.2. The lowest BCUT2D eigenvalue weighted by Gasteiger charge is -2.23. The zero-order chi connectivity index (χ0) is 12.4. The molecule has 0 bridgehead atoms. The first kappa shape index (κ1) is 12.3. The van der Waals surface area contributed by atoms with Crippen LogP contribution in [0, 0.1) is 11.7 Å². The molecular formula is C13H18FNO2. The van der Waals surface area contributed by atoms with Crippen LogP contribution in [0.4, 0.5) is 4.39 Å². The molecule has 0 aliphatic carbocycles. The van der Waals surface area contributed by atoms with Gasteiger partial charge in [0.05, 0.1) is 19.3 Å². The Morgan fingerprint density at radius 3 is 2.82 bits per heavy atom. The topological polar surface area (TPSA) is 44.5 Å². The van der Waals surface area contributed by atoms with Gasteiger partial charge in [-0.3, -0.25) is 0 Å². The molecular weight excluding hydrogens is 221 g/mol. The van der Waals surface area contributed by atoms with Gasteiger partial charge in [0, 0.05) is 18.2 Å². The first-order valence-electron chi connectivity index (χ1n) is 5.84. The van der Waals surface area contributed by atoms with Crippen molar-refractivity contribution in [3.63, 3.8) is 0 Å². The largest absolute Gasteiger partial charge is 0.497 e. The van der Waals surface area contributed by atoms with Crippen LogP contribution >= 0.6 is 0 Å². The van der Waals surface area contributed by atoms with Crippen LogP contribution in [-0.2, 0) is 4.74 Å². The summed E-state index contributed by atoms with van der Waals surface area (Å²) in [6.45, 7) is 2.79. The van der Waals surface area contributed by atoms with Gasteiger partial charge >= 0.3 is 0 Å². The molecule has 1 saturated heterocycles. The van der Waals surface area contributed by atoms with Gasteiger partial charge in [-0.05, 0) is 18.4 Å². The molecule has 3 nitrogen and oxygen atoms in total. The molecule has 1 aromatic rings. The van der Waals surface area contributed by atoms with Gasteiger partial charge in [0.2, 0.25) is 0 Å². The molecule has 0 saturated carbocycles. The molecule has 0 aromatic heterocycles. The van der Waals surface area contributed by atoms with Gasteiger partial charge in [0.1, 0.15) is 11.6 Å². The molecule has 0 amide bonds. The van der Waals surface area contributed by atoms with Crippen molar-refractivity contribution in [2.75, 3.05) is 13.7 Å². The maximum atomic E-state index is 13.9. The minimum absolute atomic E-state index is 0.0992. The highest BCUT2D eigenvalue weighted by atomic mass is 19.1. The molecule has 1 aliphatic rings. The summed E-state index contributed by atoms with van der Waals surface area (Å²) in [4.78, 5) is 0. The molecule has 3 unspecified atom stereocenters. The first-order valence-corrected chi connectivity index (χ1v) is 5.84.